The maximum atomic E-state index is 9.34. The normalized spacial score (nSPS) is 12.2. The number of hydrogen-bond acceptors (Lipinski definition) is 6. The third-order valence-corrected chi connectivity index (χ3v) is 3.65. The molecule has 0 fully saturated rings. The molecule has 0 aliphatic rings. The zero-order chi connectivity index (χ0) is 16.1. The Kier molecular flexibility index (Phi) is 5.79. The summed E-state index contributed by atoms with van der Waals surface area (Å²) in [5, 5.41) is 22.1. The van der Waals surface area contributed by atoms with Crippen molar-refractivity contribution in [1.29, 1.82) is 0 Å². The van der Waals surface area contributed by atoms with Crippen LogP contribution in [0.1, 0.15) is 11.3 Å². The average Bonchev–Trinajstić information content (AvgIpc) is 2.48. The Morgan fingerprint density at radius 2 is 1.91 bits per heavy atom. The number of benzene rings is 1. The Morgan fingerprint density at radius 1 is 1.23 bits per heavy atom. The van der Waals surface area contributed by atoms with E-state index in [1.807, 2.05) is 0 Å². The number of rotatable bonds is 6. The van der Waals surface area contributed by atoms with E-state index in [2.05, 4.69) is 15.3 Å². The molecule has 1 unspecified atom stereocenters. The Balaban J connectivity index is 2.19. The molecule has 5 N–H and O–H groups in total. The van der Waals surface area contributed by atoms with Gasteiger partial charge in [-0.25, -0.2) is 4.98 Å². The number of anilines is 2. The van der Waals surface area contributed by atoms with E-state index in [0.717, 1.165) is 5.56 Å². The highest BCUT2D eigenvalue weighted by Crippen LogP contribution is 2.27. The number of nitrogens with zero attached hydrogens (tertiary/aromatic N) is 2. The zero-order valence-corrected chi connectivity index (χ0v) is 13.1. The number of halogens is 2. The van der Waals surface area contributed by atoms with Gasteiger partial charge in [0.2, 0.25) is 5.95 Å². The van der Waals surface area contributed by atoms with E-state index in [0.29, 0.717) is 28.0 Å². The number of nitrogens with two attached hydrogens (primary N) is 1. The van der Waals surface area contributed by atoms with Crippen molar-refractivity contribution < 1.29 is 10.2 Å². The molecule has 0 saturated heterocycles. The van der Waals surface area contributed by atoms with Crippen LogP contribution in [0, 0.1) is 0 Å². The fourth-order valence-corrected chi connectivity index (χ4v) is 2.40. The summed E-state index contributed by atoms with van der Waals surface area (Å²) in [6.45, 7) is -0.186. The molecule has 1 aromatic carbocycles. The summed E-state index contributed by atoms with van der Waals surface area (Å²) in [5.41, 5.74) is 7.08. The molecule has 22 heavy (non-hydrogen) atoms. The van der Waals surface area contributed by atoms with Gasteiger partial charge in [-0.3, -0.25) is 0 Å². The molecule has 0 amide bonds. The lowest BCUT2D eigenvalue weighted by Crippen LogP contribution is -2.23. The van der Waals surface area contributed by atoms with Gasteiger partial charge in [-0.2, -0.15) is 4.98 Å². The van der Waals surface area contributed by atoms with Gasteiger partial charge in [-0.1, -0.05) is 29.3 Å². The van der Waals surface area contributed by atoms with E-state index in [9.17, 15) is 5.11 Å². The molecule has 1 aromatic heterocycles. The molecular formula is C14H16Cl2N4O2. The summed E-state index contributed by atoms with van der Waals surface area (Å²) in [7, 11) is 0. The van der Waals surface area contributed by atoms with Crippen LogP contribution < -0.4 is 11.1 Å². The summed E-state index contributed by atoms with van der Waals surface area (Å²) < 4.78 is 0. The van der Waals surface area contributed by atoms with Gasteiger partial charge in [0.1, 0.15) is 5.82 Å². The fourth-order valence-electron chi connectivity index (χ4n) is 1.87. The number of hydrogen-bond donors (Lipinski definition) is 4. The molecule has 2 rings (SSSR count). The van der Waals surface area contributed by atoms with Gasteiger partial charge in [-0.15, -0.1) is 0 Å². The number of aliphatic hydroxyl groups is 2. The molecule has 0 spiro atoms. The van der Waals surface area contributed by atoms with Crippen LogP contribution in [0.15, 0.2) is 24.3 Å². The fraction of sp³-hybridized carbons (Fsp3) is 0.286. The first-order valence-corrected chi connectivity index (χ1v) is 7.34. The van der Waals surface area contributed by atoms with E-state index >= 15 is 0 Å². The standard InChI is InChI=1S/C14H16Cl2N4O2/c15-11-2-1-3-12(16)10(11)4-8-5-13(20-14(17)19-8)18-6-9(22)7-21/h1-3,5,9,21-22H,4,6-7H2,(H3,17,18,19,20). The molecule has 1 heterocycles. The van der Waals surface area contributed by atoms with Gasteiger partial charge in [0.05, 0.1) is 18.4 Å². The second-order valence-electron chi connectivity index (χ2n) is 4.70. The largest absolute Gasteiger partial charge is 0.394 e. The predicted octanol–water partition coefficient (Wildman–Crippen LogP) is 1.72. The first-order chi connectivity index (χ1) is 10.5. The van der Waals surface area contributed by atoms with Crippen molar-refractivity contribution in [1.82, 2.24) is 9.97 Å². The Hall–Kier alpha value is -1.60. The van der Waals surface area contributed by atoms with Crippen molar-refractivity contribution in [3.05, 3.63) is 45.6 Å². The molecule has 0 aliphatic heterocycles. The monoisotopic (exact) mass is 342 g/mol. The van der Waals surface area contributed by atoms with E-state index in [4.69, 9.17) is 34.0 Å². The van der Waals surface area contributed by atoms with Gasteiger partial charge in [0, 0.05) is 29.1 Å². The molecule has 6 nitrogen and oxygen atoms in total. The molecule has 2 aromatic rings. The molecule has 0 saturated carbocycles. The van der Waals surface area contributed by atoms with E-state index in [-0.39, 0.29) is 19.1 Å². The minimum atomic E-state index is -0.877. The second kappa shape index (κ2) is 7.60. The lowest BCUT2D eigenvalue weighted by atomic mass is 10.1. The van der Waals surface area contributed by atoms with Crippen molar-refractivity contribution in [2.24, 2.45) is 0 Å². The lowest BCUT2D eigenvalue weighted by Gasteiger charge is -2.12. The van der Waals surface area contributed by atoms with E-state index < -0.39 is 6.10 Å². The quantitative estimate of drug-likeness (QED) is 0.637. The van der Waals surface area contributed by atoms with Crippen molar-refractivity contribution >= 4 is 35.0 Å². The Bertz CT molecular complexity index is 634. The number of nitrogens with one attached hydrogen (secondary N) is 1. The highest BCUT2D eigenvalue weighted by molar-refractivity contribution is 6.36. The van der Waals surface area contributed by atoms with E-state index in [1.165, 1.54) is 0 Å². The lowest BCUT2D eigenvalue weighted by molar-refractivity contribution is 0.105. The molecule has 0 radical (unpaired) electrons. The van der Waals surface area contributed by atoms with Crippen LogP contribution in [-0.2, 0) is 6.42 Å². The topological polar surface area (TPSA) is 104 Å². The maximum Gasteiger partial charge on any atom is 0.222 e. The van der Waals surface area contributed by atoms with Gasteiger partial charge in [-0.05, 0) is 17.7 Å². The third kappa shape index (κ3) is 4.45. The van der Waals surface area contributed by atoms with Crippen LogP contribution in [-0.4, -0.2) is 39.4 Å². The van der Waals surface area contributed by atoms with Crippen LogP contribution in [0.25, 0.3) is 0 Å². The number of aromatic nitrogens is 2. The maximum absolute atomic E-state index is 9.34. The SMILES string of the molecule is Nc1nc(Cc2c(Cl)cccc2Cl)cc(NCC(O)CO)n1. The third-order valence-electron chi connectivity index (χ3n) is 2.95. The van der Waals surface area contributed by atoms with Crippen LogP contribution in [0.4, 0.5) is 11.8 Å². The Labute approximate surface area is 137 Å². The Morgan fingerprint density at radius 3 is 2.55 bits per heavy atom. The zero-order valence-electron chi connectivity index (χ0n) is 11.6. The van der Waals surface area contributed by atoms with Crippen LogP contribution in [0.3, 0.4) is 0 Å². The van der Waals surface area contributed by atoms with Crippen molar-refractivity contribution in [3.8, 4) is 0 Å². The summed E-state index contributed by atoms with van der Waals surface area (Å²) in [6.07, 6.45) is -0.472. The number of nitrogen functional groups attached to an aromatic ring is 1. The summed E-state index contributed by atoms with van der Waals surface area (Å²) in [4.78, 5) is 8.18. The summed E-state index contributed by atoms with van der Waals surface area (Å²) in [5.74, 6) is 0.555. The first-order valence-electron chi connectivity index (χ1n) is 6.58. The predicted molar refractivity (Wildman–Crippen MR) is 87.3 cm³/mol. The smallest absolute Gasteiger partial charge is 0.222 e. The first kappa shape index (κ1) is 16.8. The van der Waals surface area contributed by atoms with Gasteiger partial charge >= 0.3 is 0 Å². The van der Waals surface area contributed by atoms with E-state index in [1.54, 1.807) is 24.3 Å². The van der Waals surface area contributed by atoms with Gasteiger partial charge in [0.25, 0.3) is 0 Å². The van der Waals surface area contributed by atoms with Crippen molar-refractivity contribution in [2.45, 2.75) is 12.5 Å². The van der Waals surface area contributed by atoms with Gasteiger partial charge in [0.15, 0.2) is 0 Å². The van der Waals surface area contributed by atoms with Gasteiger partial charge < -0.3 is 21.3 Å². The highest BCUT2D eigenvalue weighted by Gasteiger charge is 2.10. The van der Waals surface area contributed by atoms with Crippen LogP contribution in [0.2, 0.25) is 10.0 Å². The second-order valence-corrected chi connectivity index (χ2v) is 5.51. The van der Waals surface area contributed by atoms with Crippen molar-refractivity contribution in [3.63, 3.8) is 0 Å². The molecule has 0 bridgehead atoms. The summed E-state index contributed by atoms with van der Waals surface area (Å²) in [6, 6.07) is 6.97. The number of aliphatic hydroxyl groups excluding tert-OH is 2. The average molecular weight is 343 g/mol. The highest BCUT2D eigenvalue weighted by atomic mass is 35.5. The van der Waals surface area contributed by atoms with Crippen LogP contribution >= 0.6 is 23.2 Å². The molecule has 118 valence electrons. The minimum Gasteiger partial charge on any atom is -0.394 e. The summed E-state index contributed by atoms with van der Waals surface area (Å²) >= 11 is 12.3. The molecule has 0 aliphatic carbocycles. The minimum absolute atomic E-state index is 0.0988. The van der Waals surface area contributed by atoms with Crippen LogP contribution in [0.5, 0.6) is 0 Å². The van der Waals surface area contributed by atoms with Crippen molar-refractivity contribution in [2.75, 3.05) is 24.2 Å². The molecule has 1 atom stereocenters. The molecular weight excluding hydrogens is 327 g/mol. The molecule has 8 heteroatoms.